The van der Waals surface area contributed by atoms with E-state index in [-0.39, 0.29) is 5.75 Å². The molecular weight excluding hydrogens is 258 g/mol. The van der Waals surface area contributed by atoms with Crippen molar-refractivity contribution in [2.45, 2.75) is 26.3 Å². The quantitative estimate of drug-likeness (QED) is 0.871. The number of aryl methyl sites for hydroxylation is 1. The van der Waals surface area contributed by atoms with Crippen molar-refractivity contribution >= 4 is 15.9 Å². The number of ether oxygens (including phenoxy) is 1. The summed E-state index contributed by atoms with van der Waals surface area (Å²) >= 11 is 3.43. The minimum absolute atomic E-state index is 0.0995. The van der Waals surface area contributed by atoms with Crippen LogP contribution in [0.15, 0.2) is 10.5 Å². The molecule has 4 heteroatoms. The molecule has 0 aliphatic rings. The van der Waals surface area contributed by atoms with Crippen LogP contribution in [0, 0.1) is 6.92 Å². The molecule has 0 saturated heterocycles. The van der Waals surface area contributed by atoms with Gasteiger partial charge in [-0.2, -0.15) is 0 Å². The largest absolute Gasteiger partial charge is 0.504 e. The number of hydrogen-bond acceptors (Lipinski definition) is 3. The molecule has 15 heavy (non-hydrogen) atoms. The van der Waals surface area contributed by atoms with Gasteiger partial charge in [-0.15, -0.1) is 0 Å². The van der Waals surface area contributed by atoms with Gasteiger partial charge >= 0.3 is 0 Å². The third-order valence-corrected chi connectivity index (χ3v) is 3.27. The predicted molar refractivity (Wildman–Crippen MR) is 64.3 cm³/mol. The molecular formula is C11H16BrNO2. The Labute approximate surface area is 98.4 Å². The molecule has 3 N–H and O–H groups in total. The lowest BCUT2D eigenvalue weighted by Gasteiger charge is -2.24. The first-order chi connectivity index (χ1) is 6.79. The Bertz CT molecular complexity index is 383. The zero-order valence-corrected chi connectivity index (χ0v) is 11.0. The maximum absolute atomic E-state index is 9.99. The third kappa shape index (κ3) is 2.26. The van der Waals surface area contributed by atoms with E-state index < -0.39 is 5.54 Å². The first-order valence-corrected chi connectivity index (χ1v) is 5.43. The molecule has 3 nitrogen and oxygen atoms in total. The molecule has 0 spiro atoms. The van der Waals surface area contributed by atoms with E-state index >= 15 is 0 Å². The number of hydrogen-bond donors (Lipinski definition) is 2. The van der Waals surface area contributed by atoms with Crippen LogP contribution in [0.25, 0.3) is 0 Å². The summed E-state index contributed by atoms with van der Waals surface area (Å²) in [6.07, 6.45) is 0. The smallest absolute Gasteiger partial charge is 0.163 e. The van der Waals surface area contributed by atoms with Gasteiger partial charge in [0.1, 0.15) is 0 Å². The summed E-state index contributed by atoms with van der Waals surface area (Å²) in [7, 11) is 1.52. The van der Waals surface area contributed by atoms with E-state index in [4.69, 9.17) is 10.5 Å². The van der Waals surface area contributed by atoms with Gasteiger partial charge in [0.15, 0.2) is 11.5 Å². The lowest BCUT2D eigenvalue weighted by atomic mass is 9.93. The number of phenolic OH excluding ortho intramolecular Hbond substituents is 1. The SMILES string of the molecule is COc1cc(C)c(Br)c(C(C)(C)N)c1O. The van der Waals surface area contributed by atoms with Crippen LogP contribution in [-0.2, 0) is 5.54 Å². The van der Waals surface area contributed by atoms with Gasteiger partial charge in [0.2, 0.25) is 0 Å². The van der Waals surface area contributed by atoms with Gasteiger partial charge in [-0.3, -0.25) is 0 Å². The number of aromatic hydroxyl groups is 1. The average Bonchev–Trinajstić information content (AvgIpc) is 2.09. The van der Waals surface area contributed by atoms with Crippen molar-refractivity contribution in [3.05, 3.63) is 21.7 Å². The van der Waals surface area contributed by atoms with Crippen LogP contribution in [0.3, 0.4) is 0 Å². The van der Waals surface area contributed by atoms with Gasteiger partial charge < -0.3 is 15.6 Å². The maximum atomic E-state index is 9.99. The summed E-state index contributed by atoms with van der Waals surface area (Å²) in [6.45, 7) is 5.61. The van der Waals surface area contributed by atoms with Gasteiger partial charge in [-0.05, 0) is 32.4 Å². The summed E-state index contributed by atoms with van der Waals surface area (Å²) in [6, 6.07) is 1.77. The van der Waals surface area contributed by atoms with Crippen molar-refractivity contribution in [1.82, 2.24) is 0 Å². The summed E-state index contributed by atoms with van der Waals surface area (Å²) in [5.74, 6) is 0.548. The van der Waals surface area contributed by atoms with Crippen LogP contribution in [0.5, 0.6) is 11.5 Å². The number of phenols is 1. The molecule has 0 amide bonds. The van der Waals surface area contributed by atoms with Crippen LogP contribution in [0.1, 0.15) is 25.0 Å². The summed E-state index contributed by atoms with van der Waals surface area (Å²) in [5.41, 5.74) is 7.03. The molecule has 0 unspecified atom stereocenters. The summed E-state index contributed by atoms with van der Waals surface area (Å²) < 4.78 is 5.92. The first kappa shape index (κ1) is 12.3. The number of nitrogens with two attached hydrogens (primary N) is 1. The predicted octanol–water partition coefficient (Wildman–Crippen LogP) is 2.67. The molecule has 0 aliphatic heterocycles. The molecule has 0 bridgehead atoms. The molecule has 0 atom stereocenters. The molecule has 84 valence electrons. The fourth-order valence-corrected chi connectivity index (χ4v) is 2.31. The monoisotopic (exact) mass is 273 g/mol. The second kappa shape index (κ2) is 4.02. The zero-order valence-electron chi connectivity index (χ0n) is 9.39. The van der Waals surface area contributed by atoms with Gasteiger partial charge in [-0.25, -0.2) is 0 Å². The van der Waals surface area contributed by atoms with E-state index in [2.05, 4.69) is 15.9 Å². The Balaban J connectivity index is 3.55. The Morgan fingerprint density at radius 3 is 2.40 bits per heavy atom. The highest BCUT2D eigenvalue weighted by Gasteiger charge is 2.25. The Kier molecular flexibility index (Phi) is 3.31. The van der Waals surface area contributed by atoms with Crippen LogP contribution in [-0.4, -0.2) is 12.2 Å². The van der Waals surface area contributed by atoms with Crippen LogP contribution >= 0.6 is 15.9 Å². The average molecular weight is 274 g/mol. The van der Waals surface area contributed by atoms with E-state index in [1.165, 1.54) is 7.11 Å². The third-order valence-electron chi connectivity index (χ3n) is 2.25. The number of halogens is 1. The second-order valence-electron chi connectivity index (χ2n) is 4.16. The fourth-order valence-electron chi connectivity index (χ4n) is 1.50. The van der Waals surface area contributed by atoms with Gasteiger partial charge in [0, 0.05) is 15.6 Å². The fraction of sp³-hybridized carbons (Fsp3) is 0.455. The molecule has 1 aromatic carbocycles. The van der Waals surface area contributed by atoms with Crippen molar-refractivity contribution in [3.8, 4) is 11.5 Å². The Morgan fingerprint density at radius 1 is 1.47 bits per heavy atom. The highest BCUT2D eigenvalue weighted by atomic mass is 79.9. The van der Waals surface area contributed by atoms with Crippen LogP contribution < -0.4 is 10.5 Å². The Morgan fingerprint density at radius 2 is 2.00 bits per heavy atom. The first-order valence-electron chi connectivity index (χ1n) is 4.64. The van der Waals surface area contributed by atoms with Crippen LogP contribution in [0.2, 0.25) is 0 Å². The normalized spacial score (nSPS) is 11.6. The topological polar surface area (TPSA) is 55.5 Å². The molecule has 0 heterocycles. The molecule has 0 aliphatic carbocycles. The molecule has 0 saturated carbocycles. The summed E-state index contributed by atoms with van der Waals surface area (Å²) in [5, 5.41) is 9.99. The molecule has 1 rings (SSSR count). The zero-order chi connectivity index (χ0) is 11.8. The number of benzene rings is 1. The number of rotatable bonds is 2. The van der Waals surface area contributed by atoms with Crippen molar-refractivity contribution < 1.29 is 9.84 Å². The maximum Gasteiger partial charge on any atom is 0.163 e. The van der Waals surface area contributed by atoms with Crippen molar-refractivity contribution in [2.75, 3.05) is 7.11 Å². The Hall–Kier alpha value is -0.740. The standard InChI is InChI=1S/C11H16BrNO2/c1-6-5-7(15-4)10(14)8(9(6)12)11(2,3)13/h5,14H,13H2,1-4H3. The van der Waals surface area contributed by atoms with E-state index in [0.717, 1.165) is 10.0 Å². The van der Waals surface area contributed by atoms with E-state index in [1.807, 2.05) is 20.8 Å². The highest BCUT2D eigenvalue weighted by molar-refractivity contribution is 9.10. The van der Waals surface area contributed by atoms with Gasteiger partial charge in [-0.1, -0.05) is 15.9 Å². The molecule has 1 aromatic rings. The molecule has 0 fully saturated rings. The van der Waals surface area contributed by atoms with Gasteiger partial charge in [0.25, 0.3) is 0 Å². The molecule has 0 radical (unpaired) electrons. The van der Waals surface area contributed by atoms with Crippen molar-refractivity contribution in [3.63, 3.8) is 0 Å². The van der Waals surface area contributed by atoms with Crippen LogP contribution in [0.4, 0.5) is 0 Å². The lowest BCUT2D eigenvalue weighted by molar-refractivity contribution is 0.361. The van der Waals surface area contributed by atoms with Crippen molar-refractivity contribution in [1.29, 1.82) is 0 Å². The van der Waals surface area contributed by atoms with Gasteiger partial charge in [0.05, 0.1) is 7.11 Å². The minimum atomic E-state index is -0.623. The lowest BCUT2D eigenvalue weighted by Crippen LogP contribution is -2.29. The molecule has 0 aromatic heterocycles. The van der Waals surface area contributed by atoms with Crippen molar-refractivity contribution in [2.24, 2.45) is 5.73 Å². The second-order valence-corrected chi connectivity index (χ2v) is 4.95. The summed E-state index contributed by atoms with van der Waals surface area (Å²) in [4.78, 5) is 0. The van der Waals surface area contributed by atoms with E-state index in [9.17, 15) is 5.11 Å². The number of methoxy groups -OCH3 is 1. The minimum Gasteiger partial charge on any atom is -0.504 e. The highest BCUT2D eigenvalue weighted by Crippen LogP contribution is 2.42. The van der Waals surface area contributed by atoms with E-state index in [1.54, 1.807) is 6.07 Å². The van der Waals surface area contributed by atoms with E-state index in [0.29, 0.717) is 11.3 Å².